The van der Waals surface area contributed by atoms with E-state index in [1.54, 1.807) is 28.4 Å². The summed E-state index contributed by atoms with van der Waals surface area (Å²) in [6.45, 7) is 2.30. The largest absolute Gasteiger partial charge is 0.394 e. The first-order valence-electron chi connectivity index (χ1n) is 9.72. The zero-order chi connectivity index (χ0) is 20.5. The van der Waals surface area contributed by atoms with Crippen LogP contribution in [0.3, 0.4) is 0 Å². The zero-order valence-corrected chi connectivity index (χ0v) is 18.6. The molecule has 2 amide bonds. The lowest BCUT2D eigenvalue weighted by atomic mass is 10.1. The molecule has 2 N–H and O–H groups in total. The van der Waals surface area contributed by atoms with Crippen LogP contribution < -0.4 is 5.32 Å². The summed E-state index contributed by atoms with van der Waals surface area (Å²) >= 11 is 8.71. The molecule has 2 aromatic heterocycles. The van der Waals surface area contributed by atoms with Gasteiger partial charge >= 0.3 is 0 Å². The summed E-state index contributed by atoms with van der Waals surface area (Å²) < 4.78 is 0.565. The van der Waals surface area contributed by atoms with E-state index >= 15 is 0 Å². The molecule has 2 aromatic rings. The third-order valence-electron chi connectivity index (χ3n) is 5.61. The molecular weight excluding hydrogens is 430 g/mol. The Kier molecular flexibility index (Phi) is 6.27. The number of amides is 2. The Labute approximate surface area is 183 Å². The van der Waals surface area contributed by atoms with Gasteiger partial charge in [-0.3, -0.25) is 9.59 Å². The maximum atomic E-state index is 13.2. The summed E-state index contributed by atoms with van der Waals surface area (Å²) in [6.07, 6.45) is 2.47. The van der Waals surface area contributed by atoms with E-state index in [1.165, 1.54) is 21.8 Å². The number of hydrogen-bond donors (Lipinski definition) is 2. The molecule has 0 radical (unpaired) electrons. The van der Waals surface area contributed by atoms with Gasteiger partial charge in [-0.15, -0.1) is 22.7 Å². The minimum Gasteiger partial charge on any atom is -0.394 e. The normalized spacial score (nSPS) is 22.4. The van der Waals surface area contributed by atoms with Crippen LogP contribution in [0.4, 0.5) is 0 Å². The van der Waals surface area contributed by atoms with Crippen LogP contribution in [0.2, 0.25) is 4.34 Å². The summed E-state index contributed by atoms with van der Waals surface area (Å²) in [7, 11) is 2.12. The quantitative estimate of drug-likeness (QED) is 0.746. The molecular formula is C20H24ClN3O3S2. The Balaban J connectivity index is 1.44. The minimum absolute atomic E-state index is 0.0496. The van der Waals surface area contributed by atoms with Crippen LogP contribution in [-0.4, -0.2) is 72.1 Å². The first-order valence-corrected chi connectivity index (χ1v) is 11.7. The number of likely N-dealkylation sites (N-methyl/N-ethyl adjacent to an activating group) is 1. The number of thiophene rings is 2. The van der Waals surface area contributed by atoms with Crippen LogP contribution >= 0.6 is 34.3 Å². The van der Waals surface area contributed by atoms with Crippen molar-refractivity contribution in [3.05, 3.63) is 42.7 Å². The fourth-order valence-electron chi connectivity index (χ4n) is 3.99. The van der Waals surface area contributed by atoms with E-state index in [-0.39, 0.29) is 30.5 Å². The second kappa shape index (κ2) is 8.73. The van der Waals surface area contributed by atoms with Crippen molar-refractivity contribution < 1.29 is 14.7 Å². The average Bonchev–Trinajstić information content (AvgIpc) is 3.40. The molecule has 0 saturated carbocycles. The van der Waals surface area contributed by atoms with E-state index < -0.39 is 0 Å². The lowest BCUT2D eigenvalue weighted by molar-refractivity contribution is 0.0679. The number of carbonyl (C=O) groups excluding carboxylic acids is 2. The van der Waals surface area contributed by atoms with Crippen molar-refractivity contribution in [3.8, 4) is 0 Å². The third-order valence-corrected chi connectivity index (χ3v) is 8.06. The van der Waals surface area contributed by atoms with Gasteiger partial charge in [0.2, 0.25) is 0 Å². The average molecular weight is 454 g/mol. The summed E-state index contributed by atoms with van der Waals surface area (Å²) in [6, 6.07) is 4.94. The Morgan fingerprint density at radius 3 is 2.76 bits per heavy atom. The van der Waals surface area contributed by atoms with Gasteiger partial charge in [-0.05, 0) is 50.1 Å². The molecule has 0 aliphatic carbocycles. The number of nitrogens with zero attached hydrogens (tertiary/aromatic N) is 2. The number of rotatable bonds is 4. The van der Waals surface area contributed by atoms with Crippen LogP contribution in [0.25, 0.3) is 0 Å². The predicted molar refractivity (Wildman–Crippen MR) is 116 cm³/mol. The van der Waals surface area contributed by atoms with Gasteiger partial charge in [0.05, 0.1) is 26.7 Å². The summed E-state index contributed by atoms with van der Waals surface area (Å²) in [5.74, 6) is -0.240. The third kappa shape index (κ3) is 4.51. The molecule has 1 fully saturated rings. The molecule has 1 saturated heterocycles. The topological polar surface area (TPSA) is 72.9 Å². The molecule has 9 heteroatoms. The van der Waals surface area contributed by atoms with Gasteiger partial charge in [-0.25, -0.2) is 0 Å². The SMILES string of the molecule is CN1CCc2cc(C(=O)N3C[C@H](NC(=O)c4ccc(Cl)s4)C[C@H]3CO)sc2CC1. The number of halogens is 1. The fraction of sp³-hybridized carbons (Fsp3) is 0.500. The number of hydrogen-bond acceptors (Lipinski definition) is 6. The smallest absolute Gasteiger partial charge is 0.264 e. The first kappa shape index (κ1) is 20.8. The molecule has 2 aliphatic heterocycles. The van der Waals surface area contributed by atoms with E-state index in [0.29, 0.717) is 22.2 Å². The number of carbonyl (C=O) groups is 2. The summed E-state index contributed by atoms with van der Waals surface area (Å²) in [5.41, 5.74) is 1.27. The van der Waals surface area contributed by atoms with E-state index in [4.69, 9.17) is 11.6 Å². The molecule has 6 nitrogen and oxygen atoms in total. The zero-order valence-electron chi connectivity index (χ0n) is 16.2. The van der Waals surface area contributed by atoms with Crippen LogP contribution in [0.15, 0.2) is 18.2 Å². The lowest BCUT2D eigenvalue weighted by Crippen LogP contribution is -2.39. The van der Waals surface area contributed by atoms with Gasteiger partial charge in [0.1, 0.15) is 0 Å². The van der Waals surface area contributed by atoms with Gasteiger partial charge < -0.3 is 20.2 Å². The van der Waals surface area contributed by atoms with Gasteiger partial charge in [0.25, 0.3) is 11.8 Å². The van der Waals surface area contributed by atoms with Crippen LogP contribution in [0, 0.1) is 0 Å². The van der Waals surface area contributed by atoms with Crippen molar-refractivity contribution in [3.63, 3.8) is 0 Å². The fourth-order valence-corrected chi connectivity index (χ4v) is 6.09. The molecule has 0 spiro atoms. The number of nitrogens with one attached hydrogen (secondary N) is 1. The molecule has 0 unspecified atom stereocenters. The number of aliphatic hydroxyl groups is 1. The van der Waals surface area contributed by atoms with Crippen LogP contribution in [-0.2, 0) is 12.8 Å². The maximum Gasteiger partial charge on any atom is 0.264 e. The van der Waals surface area contributed by atoms with Crippen molar-refractivity contribution in [1.29, 1.82) is 0 Å². The number of fused-ring (bicyclic) bond motifs is 1. The molecule has 4 heterocycles. The van der Waals surface area contributed by atoms with Gasteiger partial charge in [-0.1, -0.05) is 11.6 Å². The van der Waals surface area contributed by atoms with Crippen molar-refractivity contribution in [2.24, 2.45) is 0 Å². The molecule has 2 aliphatic rings. The molecule has 0 bridgehead atoms. The van der Waals surface area contributed by atoms with Gasteiger partial charge in [0, 0.05) is 30.6 Å². The minimum atomic E-state index is -0.284. The van der Waals surface area contributed by atoms with Crippen molar-refractivity contribution in [1.82, 2.24) is 15.1 Å². The predicted octanol–water partition coefficient (Wildman–Crippen LogP) is 2.50. The second-order valence-electron chi connectivity index (χ2n) is 7.67. The highest BCUT2D eigenvalue weighted by Crippen LogP contribution is 2.30. The van der Waals surface area contributed by atoms with Crippen molar-refractivity contribution >= 4 is 46.1 Å². The Morgan fingerprint density at radius 2 is 2.03 bits per heavy atom. The molecule has 0 aromatic carbocycles. The Morgan fingerprint density at radius 1 is 1.24 bits per heavy atom. The number of aliphatic hydroxyl groups excluding tert-OH is 1. The second-order valence-corrected chi connectivity index (χ2v) is 10.5. The van der Waals surface area contributed by atoms with Crippen molar-refractivity contribution in [2.75, 3.05) is 33.3 Å². The Bertz CT molecular complexity index is 887. The highest BCUT2D eigenvalue weighted by molar-refractivity contribution is 7.18. The van der Waals surface area contributed by atoms with Crippen LogP contribution in [0.5, 0.6) is 0 Å². The lowest BCUT2D eigenvalue weighted by Gasteiger charge is -2.22. The van der Waals surface area contributed by atoms with Crippen LogP contribution in [0.1, 0.15) is 36.2 Å². The number of likely N-dealkylation sites (tertiary alicyclic amines) is 1. The molecule has 156 valence electrons. The van der Waals surface area contributed by atoms with E-state index in [2.05, 4.69) is 17.3 Å². The Hall–Kier alpha value is -1.45. The summed E-state index contributed by atoms with van der Waals surface area (Å²) in [4.78, 5) is 32.2. The highest BCUT2D eigenvalue weighted by atomic mass is 35.5. The van der Waals surface area contributed by atoms with Gasteiger partial charge in [-0.2, -0.15) is 0 Å². The van der Waals surface area contributed by atoms with Crippen molar-refractivity contribution in [2.45, 2.75) is 31.3 Å². The summed E-state index contributed by atoms with van der Waals surface area (Å²) in [5, 5.41) is 12.8. The maximum absolute atomic E-state index is 13.2. The van der Waals surface area contributed by atoms with E-state index in [0.717, 1.165) is 30.8 Å². The molecule has 2 atom stereocenters. The molecule has 29 heavy (non-hydrogen) atoms. The van der Waals surface area contributed by atoms with E-state index in [1.807, 2.05) is 6.07 Å². The van der Waals surface area contributed by atoms with E-state index in [9.17, 15) is 14.7 Å². The standard InChI is InChI=1S/C20H24ClN3O3S2/c1-23-6-4-12-8-17(28-15(12)5-7-23)20(27)24-10-13(9-14(24)11-25)22-19(26)16-2-3-18(21)29-16/h2-3,8,13-14,25H,4-7,9-11H2,1H3,(H,22,26)/t13-,14+/m1/s1. The monoisotopic (exact) mass is 453 g/mol. The van der Waals surface area contributed by atoms with Gasteiger partial charge in [0.15, 0.2) is 0 Å². The first-order chi connectivity index (χ1) is 13.9. The molecule has 4 rings (SSSR count). The highest BCUT2D eigenvalue weighted by Gasteiger charge is 2.37.